The van der Waals surface area contributed by atoms with Crippen molar-refractivity contribution in [1.82, 2.24) is 18.9 Å². The van der Waals surface area contributed by atoms with E-state index in [2.05, 4.69) is 15.0 Å². The van der Waals surface area contributed by atoms with Crippen molar-refractivity contribution in [2.45, 2.75) is 11.8 Å². The average Bonchev–Trinajstić information content (AvgIpc) is 3.14. The Labute approximate surface area is 188 Å². The summed E-state index contributed by atoms with van der Waals surface area (Å²) in [5, 5.41) is 1.26. The number of nitrogens with zero attached hydrogens (tertiary/aromatic N) is 4. The molecule has 0 fully saturated rings. The minimum atomic E-state index is -3.95. The molecule has 3 heterocycles. The lowest BCUT2D eigenvalue weighted by Gasteiger charge is -2.07. The number of benzene rings is 2. The van der Waals surface area contributed by atoms with E-state index in [1.165, 1.54) is 6.20 Å². The zero-order chi connectivity index (χ0) is 21.8. The summed E-state index contributed by atoms with van der Waals surface area (Å²) in [5.74, 6) is 0. The summed E-state index contributed by atoms with van der Waals surface area (Å²) in [5.41, 5.74) is 3.24. The zero-order valence-electron chi connectivity index (χ0n) is 16.1. The summed E-state index contributed by atoms with van der Waals surface area (Å²) in [6, 6.07) is 16.0. The highest BCUT2D eigenvalue weighted by atomic mass is 35.5. The van der Waals surface area contributed by atoms with E-state index in [1.807, 2.05) is 37.3 Å². The van der Waals surface area contributed by atoms with Gasteiger partial charge in [0.2, 0.25) is 5.28 Å². The lowest BCUT2D eigenvalue weighted by Crippen LogP contribution is -2.12. The minimum absolute atomic E-state index is 0.0779. The summed E-state index contributed by atoms with van der Waals surface area (Å²) in [4.78, 5) is 12.7. The van der Waals surface area contributed by atoms with Gasteiger partial charge in [-0.2, -0.15) is 4.98 Å². The van der Waals surface area contributed by atoms with Crippen molar-refractivity contribution in [3.05, 3.63) is 83.0 Å². The van der Waals surface area contributed by atoms with E-state index in [4.69, 9.17) is 23.2 Å². The van der Waals surface area contributed by atoms with Crippen LogP contribution in [0.1, 0.15) is 5.56 Å². The van der Waals surface area contributed by atoms with Crippen LogP contribution in [0.15, 0.2) is 71.9 Å². The van der Waals surface area contributed by atoms with Crippen LogP contribution >= 0.6 is 23.2 Å². The highest BCUT2D eigenvalue weighted by Crippen LogP contribution is 2.37. The molecule has 2 aromatic carbocycles. The predicted octanol–water partition coefficient (Wildman–Crippen LogP) is 5.50. The third-order valence-electron chi connectivity index (χ3n) is 5.03. The van der Waals surface area contributed by atoms with Gasteiger partial charge in [-0.25, -0.2) is 17.4 Å². The Hall–Kier alpha value is -3.00. The summed E-state index contributed by atoms with van der Waals surface area (Å²) < 4.78 is 28.0. The summed E-state index contributed by atoms with van der Waals surface area (Å²) >= 11 is 12.4. The second-order valence-electron chi connectivity index (χ2n) is 7.05. The standard InChI is InChI=1S/C22H14Cl2N4O2S/c1-13-4-7-16(8-5-13)31(29,30)28-12-17(19-20(23)26-22(24)27-21(19)28)14-6-9-18-15(11-14)3-2-10-25-18/h2-12H,1H3. The van der Waals surface area contributed by atoms with Gasteiger partial charge in [0, 0.05) is 23.3 Å². The first-order valence-electron chi connectivity index (χ1n) is 9.26. The number of halogens is 2. The molecule has 0 saturated carbocycles. The molecule has 5 rings (SSSR count). The highest BCUT2D eigenvalue weighted by Gasteiger charge is 2.25. The van der Waals surface area contributed by atoms with Gasteiger partial charge in [0.05, 0.1) is 15.8 Å². The SMILES string of the molecule is Cc1ccc(S(=O)(=O)n2cc(-c3ccc4ncccc4c3)c3c(Cl)nc(Cl)nc32)cc1. The maximum absolute atomic E-state index is 13.4. The molecule has 154 valence electrons. The van der Waals surface area contributed by atoms with Crippen LogP contribution in [-0.4, -0.2) is 27.3 Å². The van der Waals surface area contributed by atoms with Crippen molar-refractivity contribution in [3.63, 3.8) is 0 Å². The third kappa shape index (κ3) is 3.35. The van der Waals surface area contributed by atoms with Crippen LogP contribution in [0.3, 0.4) is 0 Å². The molecule has 3 aromatic heterocycles. The Bertz CT molecular complexity index is 1580. The van der Waals surface area contributed by atoms with Gasteiger partial charge in [0.1, 0.15) is 5.15 Å². The molecular formula is C22H14Cl2N4O2S. The van der Waals surface area contributed by atoms with Crippen molar-refractivity contribution in [1.29, 1.82) is 0 Å². The Morgan fingerprint density at radius 3 is 2.52 bits per heavy atom. The summed E-state index contributed by atoms with van der Waals surface area (Å²) in [6.07, 6.45) is 3.23. The average molecular weight is 469 g/mol. The molecule has 0 aliphatic heterocycles. The predicted molar refractivity (Wildman–Crippen MR) is 122 cm³/mol. The molecule has 0 N–H and O–H groups in total. The van der Waals surface area contributed by atoms with Crippen LogP contribution in [0.25, 0.3) is 33.1 Å². The van der Waals surface area contributed by atoms with Gasteiger partial charge >= 0.3 is 0 Å². The van der Waals surface area contributed by atoms with Crippen molar-refractivity contribution in [3.8, 4) is 11.1 Å². The first-order chi connectivity index (χ1) is 14.8. The number of hydrogen-bond donors (Lipinski definition) is 0. The number of aryl methyl sites for hydroxylation is 1. The van der Waals surface area contributed by atoms with Gasteiger partial charge < -0.3 is 0 Å². The van der Waals surface area contributed by atoms with Crippen LogP contribution in [0.5, 0.6) is 0 Å². The molecule has 0 bridgehead atoms. The Morgan fingerprint density at radius 1 is 0.968 bits per heavy atom. The first kappa shape index (κ1) is 19.9. The van der Waals surface area contributed by atoms with E-state index in [1.54, 1.807) is 30.5 Å². The van der Waals surface area contributed by atoms with E-state index in [0.717, 1.165) is 26.0 Å². The smallest absolute Gasteiger partial charge is 0.256 e. The Morgan fingerprint density at radius 2 is 1.74 bits per heavy atom. The van der Waals surface area contributed by atoms with Crippen LogP contribution in [0, 0.1) is 6.92 Å². The normalized spacial score (nSPS) is 12.0. The number of fused-ring (bicyclic) bond motifs is 2. The topological polar surface area (TPSA) is 77.7 Å². The molecule has 31 heavy (non-hydrogen) atoms. The van der Waals surface area contributed by atoms with E-state index in [-0.39, 0.29) is 21.0 Å². The first-order valence-corrected chi connectivity index (χ1v) is 11.5. The van der Waals surface area contributed by atoms with E-state index < -0.39 is 10.0 Å². The monoisotopic (exact) mass is 468 g/mol. The molecular weight excluding hydrogens is 455 g/mol. The lowest BCUT2D eigenvalue weighted by atomic mass is 10.0. The van der Waals surface area contributed by atoms with Crippen molar-refractivity contribution in [2.24, 2.45) is 0 Å². The summed E-state index contributed by atoms with van der Waals surface area (Å²) in [6.45, 7) is 1.89. The number of pyridine rings is 1. The largest absolute Gasteiger partial charge is 0.269 e. The highest BCUT2D eigenvalue weighted by molar-refractivity contribution is 7.90. The zero-order valence-corrected chi connectivity index (χ0v) is 18.4. The van der Waals surface area contributed by atoms with Gasteiger partial charge in [-0.05, 0) is 54.4 Å². The molecule has 5 aromatic rings. The molecule has 0 aliphatic rings. The Kier molecular flexibility index (Phi) is 4.69. The molecule has 0 aliphatic carbocycles. The van der Waals surface area contributed by atoms with Crippen molar-refractivity contribution < 1.29 is 8.42 Å². The molecule has 0 radical (unpaired) electrons. The van der Waals surface area contributed by atoms with Crippen LogP contribution < -0.4 is 0 Å². The van der Waals surface area contributed by atoms with E-state index in [0.29, 0.717) is 10.9 Å². The quantitative estimate of drug-likeness (QED) is 0.258. The molecule has 9 heteroatoms. The van der Waals surface area contributed by atoms with Gasteiger partial charge in [-0.15, -0.1) is 0 Å². The molecule has 0 unspecified atom stereocenters. The second-order valence-corrected chi connectivity index (χ2v) is 9.56. The second kappa shape index (κ2) is 7.30. The fourth-order valence-corrected chi connectivity index (χ4v) is 5.29. The minimum Gasteiger partial charge on any atom is -0.256 e. The lowest BCUT2D eigenvalue weighted by molar-refractivity contribution is 0.589. The summed E-state index contributed by atoms with van der Waals surface area (Å²) in [7, 11) is -3.95. The van der Waals surface area contributed by atoms with Gasteiger partial charge in [0.15, 0.2) is 5.65 Å². The van der Waals surface area contributed by atoms with E-state index >= 15 is 0 Å². The maximum atomic E-state index is 13.4. The van der Waals surface area contributed by atoms with Gasteiger partial charge in [-0.3, -0.25) is 4.98 Å². The van der Waals surface area contributed by atoms with Crippen molar-refractivity contribution in [2.75, 3.05) is 0 Å². The molecule has 0 saturated heterocycles. The van der Waals surface area contributed by atoms with Crippen LogP contribution in [0.2, 0.25) is 10.4 Å². The van der Waals surface area contributed by atoms with E-state index in [9.17, 15) is 8.42 Å². The van der Waals surface area contributed by atoms with Gasteiger partial charge in [0.25, 0.3) is 10.0 Å². The number of hydrogen-bond acceptors (Lipinski definition) is 5. The fourth-order valence-electron chi connectivity index (χ4n) is 3.50. The number of rotatable bonds is 3. The fraction of sp³-hybridized carbons (Fsp3) is 0.0455. The number of aromatic nitrogens is 4. The van der Waals surface area contributed by atoms with Gasteiger partial charge in [-0.1, -0.05) is 41.4 Å². The Balaban J connectivity index is 1.82. The van der Waals surface area contributed by atoms with Crippen LogP contribution in [0.4, 0.5) is 0 Å². The molecule has 0 amide bonds. The van der Waals surface area contributed by atoms with Crippen molar-refractivity contribution >= 4 is 55.2 Å². The molecule has 0 atom stereocenters. The molecule has 0 spiro atoms. The third-order valence-corrected chi connectivity index (χ3v) is 7.14. The maximum Gasteiger partial charge on any atom is 0.269 e. The van der Waals surface area contributed by atoms with Crippen LogP contribution in [-0.2, 0) is 10.0 Å². The molecule has 6 nitrogen and oxygen atoms in total.